The maximum absolute atomic E-state index is 11.5. The fourth-order valence-electron chi connectivity index (χ4n) is 2.61. The van der Waals surface area contributed by atoms with Crippen molar-refractivity contribution in [3.8, 4) is 23.8 Å². The fraction of sp³-hybridized carbons (Fsp3) is 0.273. The largest absolute Gasteiger partial charge is 0.493 e. The summed E-state index contributed by atoms with van der Waals surface area (Å²) in [5, 5.41) is 3.18. The van der Waals surface area contributed by atoms with E-state index in [0.29, 0.717) is 29.5 Å². The second-order valence-corrected chi connectivity index (χ2v) is 7.42. The Kier molecular flexibility index (Phi) is 8.97. The number of carbonyl (C=O) groups excluding carboxylic acids is 1. The molecule has 2 rings (SSSR count). The van der Waals surface area contributed by atoms with Crippen molar-refractivity contribution in [3.05, 3.63) is 58.1 Å². The Morgan fingerprint density at radius 3 is 2.59 bits per heavy atom. The first-order valence-electron chi connectivity index (χ1n) is 8.88. The van der Waals surface area contributed by atoms with Gasteiger partial charge in [0.15, 0.2) is 17.6 Å². The zero-order valence-electron chi connectivity index (χ0n) is 16.2. The first-order valence-corrected chi connectivity index (χ1v) is 10.1. The van der Waals surface area contributed by atoms with Crippen LogP contribution >= 0.6 is 28.1 Å². The van der Waals surface area contributed by atoms with E-state index in [4.69, 9.17) is 32.9 Å². The van der Waals surface area contributed by atoms with Crippen molar-refractivity contribution in [2.24, 2.45) is 0 Å². The number of ether oxygens (including phenoxy) is 3. The van der Waals surface area contributed by atoms with Gasteiger partial charge in [0, 0.05) is 17.9 Å². The minimum absolute atomic E-state index is 0.180. The van der Waals surface area contributed by atoms with Crippen molar-refractivity contribution in [1.82, 2.24) is 5.32 Å². The number of esters is 1. The average molecular weight is 476 g/mol. The van der Waals surface area contributed by atoms with Crippen LogP contribution in [0.15, 0.2) is 46.9 Å². The van der Waals surface area contributed by atoms with Crippen LogP contribution in [-0.2, 0) is 16.0 Å². The van der Waals surface area contributed by atoms with Gasteiger partial charge in [0.1, 0.15) is 11.6 Å². The summed E-state index contributed by atoms with van der Waals surface area (Å²) in [7, 11) is 1.58. The first-order chi connectivity index (χ1) is 13.9. The highest BCUT2D eigenvalue weighted by Crippen LogP contribution is 2.28. The lowest BCUT2D eigenvalue weighted by atomic mass is 10.1. The summed E-state index contributed by atoms with van der Waals surface area (Å²) in [6.07, 6.45) is 5.28. The molecular formula is C22H22BrNO4S. The van der Waals surface area contributed by atoms with Crippen LogP contribution in [0.2, 0.25) is 0 Å². The first kappa shape index (κ1) is 22.7. The third-order valence-corrected chi connectivity index (χ3v) is 4.83. The normalized spacial score (nSPS) is 11.1. The van der Waals surface area contributed by atoms with E-state index in [2.05, 4.69) is 27.2 Å². The topological polar surface area (TPSA) is 56.8 Å². The minimum Gasteiger partial charge on any atom is -0.493 e. The second-order valence-electron chi connectivity index (χ2n) is 6.06. The van der Waals surface area contributed by atoms with E-state index >= 15 is 0 Å². The molecule has 29 heavy (non-hydrogen) atoms. The van der Waals surface area contributed by atoms with Gasteiger partial charge in [0.25, 0.3) is 0 Å². The summed E-state index contributed by atoms with van der Waals surface area (Å²) < 4.78 is 17.2. The molecule has 0 fully saturated rings. The molecule has 152 valence electrons. The summed E-state index contributed by atoms with van der Waals surface area (Å²) in [5.74, 6) is 3.25. The number of thiocarbonyl (C=S) groups is 1. The molecule has 5 nitrogen and oxygen atoms in total. The molecule has 0 heterocycles. The van der Waals surface area contributed by atoms with E-state index in [1.165, 1.54) is 6.92 Å². The van der Waals surface area contributed by atoms with Crippen molar-refractivity contribution in [1.29, 1.82) is 0 Å². The summed E-state index contributed by atoms with van der Waals surface area (Å²) in [6.45, 7) is 2.12. The zero-order chi connectivity index (χ0) is 21.2. The summed E-state index contributed by atoms with van der Waals surface area (Å²) >= 11 is 8.87. The number of terminal acetylenes is 1. The Hall–Kier alpha value is -2.56. The quantitative estimate of drug-likeness (QED) is 0.332. The van der Waals surface area contributed by atoms with Gasteiger partial charge in [-0.25, -0.2) is 0 Å². The smallest absolute Gasteiger partial charge is 0.303 e. The van der Waals surface area contributed by atoms with Gasteiger partial charge in [-0.05, 0) is 41.8 Å². The van der Waals surface area contributed by atoms with Crippen LogP contribution in [0.3, 0.4) is 0 Å². The molecule has 0 amide bonds. The SMILES string of the molecule is C#CCOc1ccc(CCNC(=S)C(OC(C)=O)c2ccc(Br)cc2)cc1OC. The maximum atomic E-state index is 11.5. The molecule has 0 aliphatic carbocycles. The third-order valence-electron chi connectivity index (χ3n) is 3.95. The second kappa shape index (κ2) is 11.4. The average Bonchev–Trinajstić information content (AvgIpc) is 2.71. The molecule has 0 aliphatic rings. The molecule has 0 aromatic heterocycles. The third kappa shape index (κ3) is 7.08. The number of halogens is 1. The van der Waals surface area contributed by atoms with Gasteiger partial charge in [0.2, 0.25) is 0 Å². The lowest BCUT2D eigenvalue weighted by Crippen LogP contribution is -2.31. The number of hydrogen-bond donors (Lipinski definition) is 1. The Bertz CT molecular complexity index is 893. The number of rotatable bonds is 9. The predicted octanol–water partition coefficient (Wildman–Crippen LogP) is 4.23. The summed E-state index contributed by atoms with van der Waals surface area (Å²) in [5.41, 5.74) is 1.84. The Balaban J connectivity index is 2.00. The van der Waals surface area contributed by atoms with Crippen LogP contribution in [0.25, 0.3) is 0 Å². The molecule has 1 unspecified atom stereocenters. The number of benzene rings is 2. The highest BCUT2D eigenvalue weighted by molar-refractivity contribution is 9.10. The molecule has 1 atom stereocenters. The molecule has 7 heteroatoms. The molecule has 0 radical (unpaired) electrons. The number of carbonyl (C=O) groups is 1. The van der Waals surface area contributed by atoms with Gasteiger partial charge in [-0.1, -0.05) is 52.3 Å². The van der Waals surface area contributed by atoms with E-state index in [-0.39, 0.29) is 6.61 Å². The van der Waals surface area contributed by atoms with Crippen LogP contribution in [0.5, 0.6) is 11.5 Å². The number of methoxy groups -OCH3 is 1. The van der Waals surface area contributed by atoms with Gasteiger partial charge in [0.05, 0.1) is 7.11 Å². The number of nitrogens with one attached hydrogen (secondary N) is 1. The van der Waals surface area contributed by atoms with E-state index in [1.807, 2.05) is 42.5 Å². The highest BCUT2D eigenvalue weighted by atomic mass is 79.9. The van der Waals surface area contributed by atoms with Crippen LogP contribution in [-0.4, -0.2) is 31.2 Å². The van der Waals surface area contributed by atoms with Gasteiger partial charge >= 0.3 is 5.97 Å². The zero-order valence-corrected chi connectivity index (χ0v) is 18.6. The summed E-state index contributed by atoms with van der Waals surface area (Å²) in [6, 6.07) is 13.2. The van der Waals surface area contributed by atoms with Crippen molar-refractivity contribution in [2.45, 2.75) is 19.4 Å². The lowest BCUT2D eigenvalue weighted by molar-refractivity contribution is -0.143. The summed E-state index contributed by atoms with van der Waals surface area (Å²) in [4.78, 5) is 12.0. The van der Waals surface area contributed by atoms with Crippen molar-refractivity contribution >= 4 is 39.1 Å². The molecule has 0 spiro atoms. The van der Waals surface area contributed by atoms with Crippen LogP contribution in [0.4, 0.5) is 0 Å². The van der Waals surface area contributed by atoms with E-state index in [0.717, 1.165) is 15.6 Å². The lowest BCUT2D eigenvalue weighted by Gasteiger charge is -2.20. The van der Waals surface area contributed by atoms with E-state index < -0.39 is 12.1 Å². The van der Waals surface area contributed by atoms with Crippen molar-refractivity contribution in [2.75, 3.05) is 20.3 Å². The van der Waals surface area contributed by atoms with Crippen LogP contribution in [0, 0.1) is 12.3 Å². The standard InChI is InChI=1S/C22H22BrNO4S/c1-4-13-27-19-10-5-16(14-20(19)26-3)11-12-24-22(29)21(28-15(2)25)17-6-8-18(23)9-7-17/h1,5-10,14,21H,11-13H2,2-3H3,(H,24,29). The van der Waals surface area contributed by atoms with E-state index in [9.17, 15) is 4.79 Å². The minimum atomic E-state index is -0.635. The molecule has 0 aliphatic heterocycles. The molecule has 0 saturated carbocycles. The maximum Gasteiger partial charge on any atom is 0.303 e. The molecule has 0 saturated heterocycles. The Labute approximate surface area is 184 Å². The van der Waals surface area contributed by atoms with Crippen molar-refractivity contribution < 1.29 is 19.0 Å². The fourth-order valence-corrected chi connectivity index (χ4v) is 3.16. The van der Waals surface area contributed by atoms with Crippen molar-refractivity contribution in [3.63, 3.8) is 0 Å². The van der Waals surface area contributed by atoms with Gasteiger partial charge < -0.3 is 19.5 Å². The molecule has 2 aromatic carbocycles. The number of hydrogen-bond acceptors (Lipinski definition) is 5. The van der Waals surface area contributed by atoms with E-state index in [1.54, 1.807) is 7.11 Å². The monoisotopic (exact) mass is 475 g/mol. The van der Waals surface area contributed by atoms with Gasteiger partial charge in [-0.15, -0.1) is 6.42 Å². The molecular weight excluding hydrogens is 454 g/mol. The van der Waals surface area contributed by atoms with Crippen LogP contribution in [0.1, 0.15) is 24.2 Å². The van der Waals surface area contributed by atoms with Gasteiger partial charge in [-0.3, -0.25) is 4.79 Å². The van der Waals surface area contributed by atoms with Crippen LogP contribution < -0.4 is 14.8 Å². The predicted molar refractivity (Wildman–Crippen MR) is 120 cm³/mol. The Morgan fingerprint density at radius 2 is 1.97 bits per heavy atom. The Morgan fingerprint density at radius 1 is 1.24 bits per heavy atom. The molecule has 2 aromatic rings. The molecule has 0 bridgehead atoms. The molecule has 1 N–H and O–H groups in total. The van der Waals surface area contributed by atoms with Gasteiger partial charge in [-0.2, -0.15) is 0 Å². The highest BCUT2D eigenvalue weighted by Gasteiger charge is 2.20.